The minimum absolute atomic E-state index is 0.105. The molecule has 2 N–H and O–H groups in total. The zero-order chi connectivity index (χ0) is 29.2. The van der Waals surface area contributed by atoms with Crippen molar-refractivity contribution in [1.82, 2.24) is 0 Å². The summed E-state index contributed by atoms with van der Waals surface area (Å²) in [6.07, 6.45) is 12.8. The van der Waals surface area contributed by atoms with Crippen molar-refractivity contribution in [3.05, 3.63) is 0 Å². The fourth-order valence-corrected chi connectivity index (χ4v) is 10.9. The van der Waals surface area contributed by atoms with Crippen molar-refractivity contribution >= 4 is 11.9 Å². The maximum Gasteiger partial charge on any atom is 0.302 e. The number of nitrogens with two attached hydrogens (primary N) is 1. The molecule has 1 heterocycles. The van der Waals surface area contributed by atoms with Gasteiger partial charge in [0.2, 0.25) is 17.5 Å². The fourth-order valence-electron chi connectivity index (χ4n) is 10.9. The summed E-state index contributed by atoms with van der Waals surface area (Å²) >= 11 is 0. The van der Waals surface area contributed by atoms with Crippen molar-refractivity contribution in [2.75, 3.05) is 0 Å². The molecule has 232 valence electrons. The predicted octanol–water partition coefficient (Wildman–Crippen LogP) is 6.60. The summed E-state index contributed by atoms with van der Waals surface area (Å²) in [5.74, 6) is 1.25. The Morgan fingerprint density at radius 3 is 2.20 bits per heavy atom. The first-order chi connectivity index (χ1) is 19.4. The Morgan fingerprint density at radius 2 is 1.54 bits per heavy atom. The molecule has 2 spiro atoms. The third kappa shape index (κ3) is 5.17. The number of primary amides is 1. The Balaban J connectivity index is 1.20. The van der Waals surface area contributed by atoms with E-state index in [1.165, 1.54) is 19.3 Å². The first-order valence-electron chi connectivity index (χ1n) is 16.6. The van der Waals surface area contributed by atoms with Crippen molar-refractivity contribution in [2.45, 2.75) is 142 Å². The summed E-state index contributed by atoms with van der Waals surface area (Å²) in [5, 5.41) is 0. The first kappa shape index (κ1) is 29.8. The van der Waals surface area contributed by atoms with E-state index in [1.807, 2.05) is 0 Å². The number of hydrogen-bond acceptors (Lipinski definition) is 7. The molecule has 6 aliphatic rings. The smallest absolute Gasteiger partial charge is 0.302 e. The summed E-state index contributed by atoms with van der Waals surface area (Å²) in [5.41, 5.74) is 5.82. The van der Waals surface area contributed by atoms with Gasteiger partial charge in [-0.2, -0.15) is 19.6 Å². The Labute approximate surface area is 245 Å². The summed E-state index contributed by atoms with van der Waals surface area (Å²) in [6, 6.07) is 0. The van der Waals surface area contributed by atoms with Gasteiger partial charge in [0.15, 0.2) is 0 Å². The number of hydrogen-bond donors (Lipinski definition) is 1. The Bertz CT molecular complexity index is 1000. The monoisotopic (exact) mass is 575 g/mol. The lowest BCUT2D eigenvalue weighted by Gasteiger charge is -2.64. The minimum atomic E-state index is -0.899. The summed E-state index contributed by atoms with van der Waals surface area (Å²) in [4.78, 5) is 48.4. The maximum absolute atomic E-state index is 12.5. The van der Waals surface area contributed by atoms with Gasteiger partial charge in [0.05, 0.1) is 0 Å². The maximum atomic E-state index is 12.5. The van der Waals surface area contributed by atoms with Crippen molar-refractivity contribution in [2.24, 2.45) is 58.0 Å². The second kappa shape index (κ2) is 10.7. The lowest BCUT2D eigenvalue weighted by Crippen LogP contribution is -2.62. The van der Waals surface area contributed by atoms with Gasteiger partial charge >= 0.3 is 5.97 Å². The molecule has 8 nitrogen and oxygen atoms in total. The Morgan fingerprint density at radius 1 is 0.878 bits per heavy atom. The molecule has 0 aromatic rings. The van der Waals surface area contributed by atoms with Gasteiger partial charge in [0.1, 0.15) is 6.10 Å². The van der Waals surface area contributed by atoms with E-state index < -0.39 is 11.6 Å². The highest BCUT2D eigenvalue weighted by Crippen LogP contribution is 2.69. The molecule has 5 saturated carbocycles. The van der Waals surface area contributed by atoms with E-state index in [4.69, 9.17) is 30.0 Å². The zero-order valence-corrected chi connectivity index (χ0v) is 26.0. The van der Waals surface area contributed by atoms with Crippen molar-refractivity contribution < 1.29 is 33.9 Å². The molecule has 1 saturated heterocycles. The quantitative estimate of drug-likeness (QED) is 0.291. The van der Waals surface area contributed by atoms with Crippen molar-refractivity contribution in [3.63, 3.8) is 0 Å². The van der Waals surface area contributed by atoms with E-state index in [0.29, 0.717) is 48.3 Å². The summed E-state index contributed by atoms with van der Waals surface area (Å²) in [6.45, 7) is 11.1. The number of carbonyl (C=O) groups is 2. The van der Waals surface area contributed by atoms with Crippen LogP contribution < -0.4 is 5.73 Å². The molecule has 41 heavy (non-hydrogen) atoms. The topological polar surface area (TPSA) is 106 Å². The third-order valence-electron chi connectivity index (χ3n) is 13.3. The highest BCUT2D eigenvalue weighted by Gasteiger charge is 2.66. The average Bonchev–Trinajstić information content (AvgIpc) is 3.29. The number of rotatable bonds is 5. The Kier molecular flexibility index (Phi) is 7.82. The molecule has 1 aliphatic heterocycles. The molecule has 5 aliphatic carbocycles. The van der Waals surface area contributed by atoms with E-state index in [1.54, 1.807) is 6.92 Å². The van der Waals surface area contributed by atoms with Gasteiger partial charge in [0.25, 0.3) is 0 Å². The van der Waals surface area contributed by atoms with E-state index in [-0.39, 0.29) is 34.7 Å². The molecular weight excluding hydrogens is 522 g/mol. The van der Waals surface area contributed by atoms with Crippen LogP contribution in [0.3, 0.4) is 0 Å². The van der Waals surface area contributed by atoms with Crippen LogP contribution in [0.4, 0.5) is 0 Å². The van der Waals surface area contributed by atoms with Gasteiger partial charge in [0, 0.05) is 44.9 Å². The third-order valence-corrected chi connectivity index (χ3v) is 13.3. The second-order valence-corrected chi connectivity index (χ2v) is 15.6. The van der Waals surface area contributed by atoms with Crippen LogP contribution in [0.15, 0.2) is 0 Å². The van der Waals surface area contributed by atoms with Crippen molar-refractivity contribution in [3.8, 4) is 0 Å². The highest BCUT2D eigenvalue weighted by atomic mass is 17.4. The number of carbonyl (C=O) groups excluding carboxylic acids is 2. The molecule has 0 aromatic heterocycles. The van der Waals surface area contributed by atoms with E-state index in [9.17, 15) is 9.59 Å². The molecule has 0 radical (unpaired) electrons. The lowest BCUT2D eigenvalue weighted by atomic mass is 9.43. The predicted molar refractivity (Wildman–Crippen MR) is 151 cm³/mol. The van der Waals surface area contributed by atoms with E-state index in [2.05, 4.69) is 27.7 Å². The van der Waals surface area contributed by atoms with Crippen LogP contribution >= 0.6 is 0 Å². The highest BCUT2D eigenvalue weighted by molar-refractivity contribution is 5.73. The van der Waals surface area contributed by atoms with Gasteiger partial charge in [-0.1, -0.05) is 27.7 Å². The van der Waals surface area contributed by atoms with Crippen LogP contribution in [-0.4, -0.2) is 29.6 Å². The van der Waals surface area contributed by atoms with Gasteiger partial charge in [-0.3, -0.25) is 9.59 Å². The SMILES string of the molecule is CC(=O)O[C@@H]1C[C@@H]2CC3(CC[C@]2(C)[C@H]2CC[C@]4(C)[C@@H]([C@H](C)CCC(N)=O)CC[C@H]4[C@H]12)OOC1(CCC(C)CC1)OO3. The summed E-state index contributed by atoms with van der Waals surface area (Å²) in [7, 11) is 0. The van der Waals surface area contributed by atoms with Gasteiger partial charge in [-0.25, -0.2) is 0 Å². The molecule has 0 bridgehead atoms. The van der Waals surface area contributed by atoms with Crippen LogP contribution in [0.25, 0.3) is 0 Å². The number of amides is 1. The molecule has 1 amide bonds. The van der Waals surface area contributed by atoms with Crippen LogP contribution in [0.1, 0.15) is 125 Å². The molecular formula is C33H53NO7. The summed E-state index contributed by atoms with van der Waals surface area (Å²) < 4.78 is 6.21. The lowest BCUT2D eigenvalue weighted by molar-refractivity contribution is -0.665. The molecule has 9 atom stereocenters. The fraction of sp³-hybridized carbons (Fsp3) is 0.939. The first-order valence-corrected chi connectivity index (χ1v) is 16.6. The minimum Gasteiger partial charge on any atom is -0.462 e. The van der Waals surface area contributed by atoms with Gasteiger partial charge in [-0.05, 0) is 104 Å². The molecule has 8 heteroatoms. The molecule has 6 fully saturated rings. The van der Waals surface area contributed by atoms with E-state index in [0.717, 1.165) is 57.8 Å². The van der Waals surface area contributed by atoms with Crippen LogP contribution in [0.2, 0.25) is 0 Å². The van der Waals surface area contributed by atoms with Crippen LogP contribution in [0.5, 0.6) is 0 Å². The number of ether oxygens (including phenoxy) is 1. The second-order valence-electron chi connectivity index (χ2n) is 15.6. The molecule has 0 aromatic carbocycles. The van der Waals surface area contributed by atoms with Crippen molar-refractivity contribution in [1.29, 1.82) is 0 Å². The van der Waals surface area contributed by atoms with Crippen LogP contribution in [0, 0.1) is 52.3 Å². The standard InChI is InChI=1S/C33H53NO7/c1-20-10-14-32(15-11-20)38-40-33(41-39-32)17-16-30(4)23(19-33)18-27(37-22(3)35)29-25-8-7-24(21(2)6-9-28(34)36)31(25,5)13-12-26(29)30/h20-21,23-27,29H,6-19H2,1-5H3,(H2,34,36)/t20?,21-,23-,24-,25+,26+,27-,29+,30+,31-,32?,33?/m1/s1. The van der Waals surface area contributed by atoms with Crippen LogP contribution in [-0.2, 0) is 33.9 Å². The Hall–Kier alpha value is -1.22. The number of esters is 1. The zero-order valence-electron chi connectivity index (χ0n) is 26.0. The normalized spacial score (nSPS) is 50.0. The van der Waals surface area contributed by atoms with Gasteiger partial charge in [-0.15, -0.1) is 0 Å². The van der Waals surface area contributed by atoms with E-state index >= 15 is 0 Å². The average molecular weight is 576 g/mol. The molecule has 6 rings (SSSR count). The molecule has 0 unspecified atom stereocenters. The number of fused-ring (bicyclic) bond motifs is 5. The largest absolute Gasteiger partial charge is 0.462 e. The van der Waals surface area contributed by atoms with Gasteiger partial charge < -0.3 is 10.5 Å².